The van der Waals surface area contributed by atoms with Crippen LogP contribution in [0.1, 0.15) is 41.3 Å². The van der Waals surface area contributed by atoms with E-state index in [-0.39, 0.29) is 24.4 Å². The molecule has 0 aliphatic heterocycles. The van der Waals surface area contributed by atoms with Crippen molar-refractivity contribution < 1.29 is 14.0 Å². The lowest BCUT2D eigenvalue weighted by atomic mass is 10.1. The quantitative estimate of drug-likeness (QED) is 0.904. The molecule has 0 aromatic carbocycles. The molecule has 0 spiro atoms. The molecule has 106 valence electrons. The average molecular weight is 266 g/mol. The summed E-state index contributed by atoms with van der Waals surface area (Å²) in [5, 5.41) is 2.76. The average Bonchev–Trinajstić information content (AvgIpc) is 2.50. The molecule has 1 N–H and O–H groups in total. The fraction of sp³-hybridized carbons (Fsp3) is 0.571. The molecule has 0 aliphatic carbocycles. The third kappa shape index (κ3) is 3.59. The Morgan fingerprint density at radius 2 is 1.79 bits per heavy atom. The summed E-state index contributed by atoms with van der Waals surface area (Å²) >= 11 is 0. The SMILES string of the molecule is Cc1oc(C)c(C(=O)N(C)CC(=O)NC(C)C)c1C. The summed E-state index contributed by atoms with van der Waals surface area (Å²) in [6.07, 6.45) is 0. The van der Waals surface area contributed by atoms with Gasteiger partial charge in [0.2, 0.25) is 5.91 Å². The fourth-order valence-electron chi connectivity index (χ4n) is 1.95. The van der Waals surface area contributed by atoms with Gasteiger partial charge in [0.05, 0.1) is 12.1 Å². The Balaban J connectivity index is 2.80. The van der Waals surface area contributed by atoms with Crippen LogP contribution < -0.4 is 5.32 Å². The van der Waals surface area contributed by atoms with Crippen LogP contribution in [0.15, 0.2) is 4.42 Å². The predicted molar refractivity (Wildman–Crippen MR) is 73.2 cm³/mol. The summed E-state index contributed by atoms with van der Waals surface area (Å²) in [6, 6.07) is 0.0654. The van der Waals surface area contributed by atoms with Crippen molar-refractivity contribution in [1.82, 2.24) is 10.2 Å². The third-order valence-electron chi connectivity index (χ3n) is 2.95. The standard InChI is InChI=1S/C14H22N2O3/c1-8(2)15-12(17)7-16(6)14(18)13-9(3)10(4)19-11(13)5/h8H,7H2,1-6H3,(H,15,17). The van der Waals surface area contributed by atoms with Crippen LogP contribution in [0.5, 0.6) is 0 Å². The first-order valence-corrected chi connectivity index (χ1v) is 6.35. The first kappa shape index (κ1) is 15.3. The van der Waals surface area contributed by atoms with E-state index in [1.54, 1.807) is 14.0 Å². The minimum absolute atomic E-state index is 0.0418. The van der Waals surface area contributed by atoms with Crippen LogP contribution in [0.4, 0.5) is 0 Å². The second-order valence-electron chi connectivity index (χ2n) is 5.10. The first-order chi connectivity index (χ1) is 8.73. The molecule has 0 saturated carbocycles. The summed E-state index contributed by atoms with van der Waals surface area (Å²) in [7, 11) is 1.61. The predicted octanol–water partition coefficient (Wildman–Crippen LogP) is 1.80. The molecule has 1 rings (SSSR count). The number of nitrogens with one attached hydrogen (secondary N) is 1. The van der Waals surface area contributed by atoms with Crippen LogP contribution in [0.2, 0.25) is 0 Å². The molecule has 0 unspecified atom stereocenters. The Morgan fingerprint density at radius 3 is 2.21 bits per heavy atom. The van der Waals surface area contributed by atoms with Gasteiger partial charge in [-0.05, 0) is 34.6 Å². The van der Waals surface area contributed by atoms with Crippen molar-refractivity contribution in [3.63, 3.8) is 0 Å². The fourth-order valence-corrected chi connectivity index (χ4v) is 1.95. The van der Waals surface area contributed by atoms with Crippen molar-refractivity contribution >= 4 is 11.8 Å². The maximum absolute atomic E-state index is 12.3. The van der Waals surface area contributed by atoms with Crippen molar-refractivity contribution in [2.75, 3.05) is 13.6 Å². The zero-order valence-electron chi connectivity index (χ0n) is 12.5. The molecular formula is C14H22N2O3. The van der Waals surface area contributed by atoms with Crippen molar-refractivity contribution in [3.05, 3.63) is 22.6 Å². The summed E-state index contributed by atoms with van der Waals surface area (Å²) in [5.41, 5.74) is 1.39. The number of hydrogen-bond acceptors (Lipinski definition) is 3. The molecule has 2 amide bonds. The van der Waals surface area contributed by atoms with Gasteiger partial charge >= 0.3 is 0 Å². The van der Waals surface area contributed by atoms with E-state index in [9.17, 15) is 9.59 Å². The minimum Gasteiger partial charge on any atom is -0.466 e. The minimum atomic E-state index is -0.189. The topological polar surface area (TPSA) is 62.6 Å². The molecule has 5 heteroatoms. The lowest BCUT2D eigenvalue weighted by Crippen LogP contribution is -2.41. The summed E-state index contributed by atoms with van der Waals surface area (Å²) in [4.78, 5) is 25.4. The number of likely N-dealkylation sites (N-methyl/N-ethyl adjacent to an activating group) is 1. The van der Waals surface area contributed by atoms with Gasteiger partial charge in [0.1, 0.15) is 11.5 Å². The molecule has 1 aromatic heterocycles. The molecule has 1 heterocycles. The third-order valence-corrected chi connectivity index (χ3v) is 2.95. The number of furan rings is 1. The molecule has 0 saturated heterocycles. The number of carbonyl (C=O) groups excluding carboxylic acids is 2. The Bertz CT molecular complexity index is 489. The number of amides is 2. The number of nitrogens with zero attached hydrogens (tertiary/aromatic N) is 1. The monoisotopic (exact) mass is 266 g/mol. The van der Waals surface area contributed by atoms with Crippen LogP contribution >= 0.6 is 0 Å². The lowest BCUT2D eigenvalue weighted by Gasteiger charge is -2.18. The van der Waals surface area contributed by atoms with E-state index in [2.05, 4.69) is 5.32 Å². The normalized spacial score (nSPS) is 10.7. The van der Waals surface area contributed by atoms with E-state index < -0.39 is 0 Å². The van der Waals surface area contributed by atoms with Crippen molar-refractivity contribution in [3.8, 4) is 0 Å². The van der Waals surface area contributed by atoms with Crippen LogP contribution in [0, 0.1) is 20.8 Å². The molecule has 0 fully saturated rings. The smallest absolute Gasteiger partial charge is 0.257 e. The van der Waals surface area contributed by atoms with E-state index in [4.69, 9.17) is 4.42 Å². The molecule has 19 heavy (non-hydrogen) atoms. The highest BCUT2D eigenvalue weighted by Crippen LogP contribution is 2.21. The van der Waals surface area contributed by atoms with E-state index in [1.807, 2.05) is 27.7 Å². The van der Waals surface area contributed by atoms with Gasteiger partial charge in [-0.3, -0.25) is 9.59 Å². The maximum atomic E-state index is 12.3. The largest absolute Gasteiger partial charge is 0.466 e. The number of rotatable bonds is 4. The van der Waals surface area contributed by atoms with Gasteiger partial charge in [0.25, 0.3) is 5.91 Å². The van der Waals surface area contributed by atoms with Crippen LogP contribution in [0.25, 0.3) is 0 Å². The second kappa shape index (κ2) is 5.91. The summed E-state index contributed by atoms with van der Waals surface area (Å²) in [5.74, 6) is 0.976. The van der Waals surface area contributed by atoms with Crippen LogP contribution in [-0.2, 0) is 4.79 Å². The van der Waals surface area contributed by atoms with Gasteiger partial charge in [-0.2, -0.15) is 0 Å². The lowest BCUT2D eigenvalue weighted by molar-refractivity contribution is -0.122. The number of aryl methyl sites for hydroxylation is 2. The van der Waals surface area contributed by atoms with Crippen LogP contribution in [-0.4, -0.2) is 36.3 Å². The van der Waals surface area contributed by atoms with Gasteiger partial charge in [0.15, 0.2) is 0 Å². The van der Waals surface area contributed by atoms with E-state index in [1.165, 1.54) is 4.90 Å². The van der Waals surface area contributed by atoms with E-state index >= 15 is 0 Å². The molecular weight excluding hydrogens is 244 g/mol. The van der Waals surface area contributed by atoms with Crippen LogP contribution in [0.3, 0.4) is 0 Å². The van der Waals surface area contributed by atoms with E-state index in [0.29, 0.717) is 11.3 Å². The van der Waals surface area contributed by atoms with Gasteiger partial charge < -0.3 is 14.6 Å². The van der Waals surface area contributed by atoms with E-state index in [0.717, 1.165) is 11.3 Å². The molecule has 0 bridgehead atoms. The summed E-state index contributed by atoms with van der Waals surface area (Å²) < 4.78 is 5.44. The highest BCUT2D eigenvalue weighted by Gasteiger charge is 2.22. The Morgan fingerprint density at radius 1 is 1.21 bits per heavy atom. The molecule has 0 aliphatic rings. The second-order valence-corrected chi connectivity index (χ2v) is 5.10. The Labute approximate surface area is 114 Å². The Hall–Kier alpha value is -1.78. The van der Waals surface area contributed by atoms with Crippen molar-refractivity contribution in [1.29, 1.82) is 0 Å². The zero-order valence-corrected chi connectivity index (χ0v) is 12.5. The first-order valence-electron chi connectivity index (χ1n) is 6.35. The number of carbonyl (C=O) groups is 2. The molecule has 5 nitrogen and oxygen atoms in total. The zero-order chi connectivity index (χ0) is 14.7. The van der Waals surface area contributed by atoms with Gasteiger partial charge in [0, 0.05) is 18.7 Å². The van der Waals surface area contributed by atoms with Crippen molar-refractivity contribution in [2.24, 2.45) is 0 Å². The molecule has 0 radical (unpaired) electrons. The van der Waals surface area contributed by atoms with Gasteiger partial charge in [-0.1, -0.05) is 0 Å². The molecule has 1 aromatic rings. The highest BCUT2D eigenvalue weighted by molar-refractivity contribution is 5.98. The summed E-state index contributed by atoms with van der Waals surface area (Å²) in [6.45, 7) is 9.24. The van der Waals surface area contributed by atoms with Crippen molar-refractivity contribution in [2.45, 2.75) is 40.7 Å². The van der Waals surface area contributed by atoms with Gasteiger partial charge in [-0.25, -0.2) is 0 Å². The van der Waals surface area contributed by atoms with Gasteiger partial charge in [-0.15, -0.1) is 0 Å². The maximum Gasteiger partial charge on any atom is 0.257 e. The highest BCUT2D eigenvalue weighted by atomic mass is 16.3. The number of hydrogen-bond donors (Lipinski definition) is 1. The molecule has 0 atom stereocenters. The Kier molecular flexibility index (Phi) is 4.75.